The zero-order chi connectivity index (χ0) is 16.9. The molecule has 0 saturated heterocycles. The van der Waals surface area contributed by atoms with Crippen LogP contribution in [-0.2, 0) is 19.6 Å². The summed E-state index contributed by atoms with van der Waals surface area (Å²) < 4.78 is 13.2. The van der Waals surface area contributed by atoms with E-state index in [0.29, 0.717) is 13.2 Å². The summed E-state index contributed by atoms with van der Waals surface area (Å²) in [6.07, 6.45) is 3.28. The second-order valence-corrected chi connectivity index (χ2v) is 5.96. The SMILES string of the molecule is c1cc(CNCc2cccc3c2OCCO3)cc(Cn2cncn2)c1. The number of hydrogen-bond donors (Lipinski definition) is 1. The number of fused-ring (bicyclic) bond motifs is 1. The van der Waals surface area contributed by atoms with E-state index >= 15 is 0 Å². The van der Waals surface area contributed by atoms with Crippen LogP contribution in [0.4, 0.5) is 0 Å². The fourth-order valence-electron chi connectivity index (χ4n) is 2.95. The lowest BCUT2D eigenvalue weighted by Gasteiger charge is -2.21. The van der Waals surface area contributed by atoms with E-state index < -0.39 is 0 Å². The predicted molar refractivity (Wildman–Crippen MR) is 93.5 cm³/mol. The van der Waals surface area contributed by atoms with Crippen LogP contribution in [0.3, 0.4) is 0 Å². The zero-order valence-electron chi connectivity index (χ0n) is 13.9. The van der Waals surface area contributed by atoms with Gasteiger partial charge in [-0.3, -0.25) is 0 Å². The third kappa shape index (κ3) is 3.80. The van der Waals surface area contributed by atoms with Gasteiger partial charge in [-0.15, -0.1) is 0 Å². The molecule has 0 saturated carbocycles. The Bertz CT molecular complexity index is 833. The molecule has 3 aromatic rings. The molecule has 1 aromatic heterocycles. The molecule has 25 heavy (non-hydrogen) atoms. The Kier molecular flexibility index (Phi) is 4.61. The Labute approximate surface area is 146 Å². The molecule has 0 amide bonds. The topological polar surface area (TPSA) is 61.2 Å². The van der Waals surface area contributed by atoms with Gasteiger partial charge in [0.15, 0.2) is 11.5 Å². The minimum Gasteiger partial charge on any atom is -0.486 e. The summed E-state index contributed by atoms with van der Waals surface area (Å²) in [5, 5.41) is 7.63. The van der Waals surface area contributed by atoms with E-state index in [1.165, 1.54) is 11.1 Å². The van der Waals surface area contributed by atoms with Gasteiger partial charge in [-0.1, -0.05) is 36.4 Å². The van der Waals surface area contributed by atoms with Gasteiger partial charge in [0.25, 0.3) is 0 Å². The third-order valence-electron chi connectivity index (χ3n) is 4.09. The van der Waals surface area contributed by atoms with Crippen LogP contribution in [0.2, 0.25) is 0 Å². The minimum absolute atomic E-state index is 0.605. The Balaban J connectivity index is 1.37. The van der Waals surface area contributed by atoms with Crippen molar-refractivity contribution < 1.29 is 9.47 Å². The van der Waals surface area contributed by atoms with E-state index in [2.05, 4.69) is 45.7 Å². The van der Waals surface area contributed by atoms with Crippen LogP contribution in [0.15, 0.2) is 55.1 Å². The molecule has 0 radical (unpaired) electrons. The summed E-state index contributed by atoms with van der Waals surface area (Å²) in [4.78, 5) is 3.98. The monoisotopic (exact) mass is 336 g/mol. The second kappa shape index (κ2) is 7.36. The summed E-state index contributed by atoms with van der Waals surface area (Å²) in [6, 6.07) is 14.5. The van der Waals surface area contributed by atoms with Gasteiger partial charge in [0.1, 0.15) is 25.9 Å². The second-order valence-electron chi connectivity index (χ2n) is 5.96. The minimum atomic E-state index is 0.605. The number of aromatic nitrogens is 3. The molecule has 0 atom stereocenters. The van der Waals surface area contributed by atoms with Crippen molar-refractivity contribution in [3.63, 3.8) is 0 Å². The average molecular weight is 336 g/mol. The number of benzene rings is 2. The fourth-order valence-corrected chi connectivity index (χ4v) is 2.95. The summed E-state index contributed by atoms with van der Waals surface area (Å²) in [6.45, 7) is 3.47. The van der Waals surface area contributed by atoms with Crippen molar-refractivity contribution in [1.82, 2.24) is 20.1 Å². The quantitative estimate of drug-likeness (QED) is 0.749. The first kappa shape index (κ1) is 15.7. The predicted octanol–water partition coefficient (Wildman–Crippen LogP) is 2.39. The van der Waals surface area contributed by atoms with Crippen LogP contribution in [0, 0.1) is 0 Å². The Hall–Kier alpha value is -2.86. The van der Waals surface area contributed by atoms with Crippen molar-refractivity contribution in [2.75, 3.05) is 13.2 Å². The Morgan fingerprint density at radius 2 is 1.88 bits per heavy atom. The lowest BCUT2D eigenvalue weighted by molar-refractivity contribution is 0.169. The molecule has 0 fully saturated rings. The van der Waals surface area contributed by atoms with Crippen LogP contribution in [-0.4, -0.2) is 28.0 Å². The molecule has 0 spiro atoms. The lowest BCUT2D eigenvalue weighted by Crippen LogP contribution is -2.19. The van der Waals surface area contributed by atoms with Gasteiger partial charge < -0.3 is 14.8 Å². The fraction of sp³-hybridized carbons (Fsp3) is 0.263. The van der Waals surface area contributed by atoms with Gasteiger partial charge >= 0.3 is 0 Å². The van der Waals surface area contributed by atoms with Crippen molar-refractivity contribution >= 4 is 0 Å². The van der Waals surface area contributed by atoms with Gasteiger partial charge in [0.2, 0.25) is 0 Å². The van der Waals surface area contributed by atoms with Crippen LogP contribution in [0.5, 0.6) is 11.5 Å². The number of para-hydroxylation sites is 1. The summed E-state index contributed by atoms with van der Waals surface area (Å²) in [5.41, 5.74) is 3.56. The van der Waals surface area contributed by atoms with Gasteiger partial charge in [0, 0.05) is 18.7 Å². The number of ether oxygens (including phenoxy) is 2. The Morgan fingerprint density at radius 1 is 1.00 bits per heavy atom. The van der Waals surface area contributed by atoms with Gasteiger partial charge in [-0.05, 0) is 17.2 Å². The summed E-state index contributed by atoms with van der Waals surface area (Å²) in [5.74, 6) is 1.70. The van der Waals surface area contributed by atoms with Crippen molar-refractivity contribution in [1.29, 1.82) is 0 Å². The summed E-state index contributed by atoms with van der Waals surface area (Å²) >= 11 is 0. The highest BCUT2D eigenvalue weighted by atomic mass is 16.6. The molecule has 6 heteroatoms. The molecule has 4 rings (SSSR count). The maximum absolute atomic E-state index is 5.75. The van der Waals surface area contributed by atoms with Crippen LogP contribution < -0.4 is 14.8 Å². The van der Waals surface area contributed by atoms with E-state index in [1.54, 1.807) is 12.7 Å². The number of rotatable bonds is 6. The highest BCUT2D eigenvalue weighted by Gasteiger charge is 2.14. The highest BCUT2D eigenvalue weighted by molar-refractivity contribution is 5.47. The number of nitrogens with one attached hydrogen (secondary N) is 1. The first-order valence-electron chi connectivity index (χ1n) is 8.37. The molecular weight excluding hydrogens is 316 g/mol. The van der Waals surface area contributed by atoms with Crippen LogP contribution in [0.25, 0.3) is 0 Å². The molecule has 6 nitrogen and oxygen atoms in total. The molecule has 2 aromatic carbocycles. The van der Waals surface area contributed by atoms with E-state index in [9.17, 15) is 0 Å². The number of hydrogen-bond acceptors (Lipinski definition) is 5. The molecule has 2 heterocycles. The van der Waals surface area contributed by atoms with Crippen molar-refractivity contribution in [3.8, 4) is 11.5 Å². The standard InChI is InChI=1S/C19H20N4O2/c1-3-15(9-16(4-1)12-23-14-21-13-22-23)10-20-11-17-5-2-6-18-19(17)25-8-7-24-18/h1-6,9,13-14,20H,7-8,10-12H2. The maximum Gasteiger partial charge on any atom is 0.165 e. The first-order valence-corrected chi connectivity index (χ1v) is 8.37. The van der Waals surface area contributed by atoms with Crippen LogP contribution in [0.1, 0.15) is 16.7 Å². The van der Waals surface area contributed by atoms with E-state index in [0.717, 1.165) is 36.7 Å². The largest absolute Gasteiger partial charge is 0.486 e. The zero-order valence-corrected chi connectivity index (χ0v) is 13.9. The first-order chi connectivity index (χ1) is 12.4. The van der Waals surface area contributed by atoms with Gasteiger partial charge in [0.05, 0.1) is 6.54 Å². The third-order valence-corrected chi connectivity index (χ3v) is 4.09. The van der Waals surface area contributed by atoms with E-state index in [-0.39, 0.29) is 0 Å². The lowest BCUT2D eigenvalue weighted by atomic mass is 10.1. The molecular formula is C19H20N4O2. The molecule has 1 N–H and O–H groups in total. The van der Waals surface area contributed by atoms with Gasteiger partial charge in [-0.25, -0.2) is 9.67 Å². The van der Waals surface area contributed by atoms with Crippen molar-refractivity contribution in [3.05, 3.63) is 71.8 Å². The molecule has 1 aliphatic heterocycles. The van der Waals surface area contributed by atoms with Gasteiger partial charge in [-0.2, -0.15) is 5.10 Å². The van der Waals surface area contributed by atoms with Crippen molar-refractivity contribution in [2.45, 2.75) is 19.6 Å². The molecule has 0 unspecified atom stereocenters. The van der Waals surface area contributed by atoms with E-state index in [4.69, 9.17) is 9.47 Å². The normalized spacial score (nSPS) is 13.0. The average Bonchev–Trinajstić information content (AvgIpc) is 3.15. The van der Waals surface area contributed by atoms with E-state index in [1.807, 2.05) is 16.8 Å². The Morgan fingerprint density at radius 3 is 2.80 bits per heavy atom. The molecule has 1 aliphatic rings. The van der Waals surface area contributed by atoms with Crippen molar-refractivity contribution in [2.24, 2.45) is 0 Å². The number of nitrogens with zero attached hydrogens (tertiary/aromatic N) is 3. The molecule has 0 bridgehead atoms. The smallest absolute Gasteiger partial charge is 0.165 e. The highest BCUT2D eigenvalue weighted by Crippen LogP contribution is 2.33. The maximum atomic E-state index is 5.75. The molecule has 128 valence electrons. The summed E-state index contributed by atoms with van der Waals surface area (Å²) in [7, 11) is 0. The van der Waals surface area contributed by atoms with Crippen LogP contribution >= 0.6 is 0 Å². The molecule has 0 aliphatic carbocycles.